The van der Waals surface area contributed by atoms with E-state index in [0.717, 1.165) is 28.4 Å². The van der Waals surface area contributed by atoms with Gasteiger partial charge >= 0.3 is 0 Å². The zero-order valence-corrected chi connectivity index (χ0v) is 11.0. The number of hydrogen-bond acceptors (Lipinski definition) is 4. The average Bonchev–Trinajstić information content (AvgIpc) is 2.89. The Balaban J connectivity index is 1.82. The second kappa shape index (κ2) is 5.20. The van der Waals surface area contributed by atoms with Crippen molar-refractivity contribution in [1.82, 2.24) is 9.97 Å². The minimum absolute atomic E-state index is 0.271. The molecule has 0 atom stereocenters. The number of rotatable bonds is 3. The first-order valence-corrected chi connectivity index (χ1v) is 6.83. The molecule has 3 nitrogen and oxygen atoms in total. The second-order valence-corrected chi connectivity index (χ2v) is 5.11. The first-order valence-electron chi connectivity index (χ1n) is 5.95. The van der Waals surface area contributed by atoms with Crippen LogP contribution in [0.4, 0.5) is 0 Å². The molecule has 19 heavy (non-hydrogen) atoms. The van der Waals surface area contributed by atoms with Gasteiger partial charge in [-0.25, -0.2) is 4.98 Å². The summed E-state index contributed by atoms with van der Waals surface area (Å²) in [4.78, 5) is 8.90. The van der Waals surface area contributed by atoms with E-state index in [1.54, 1.807) is 29.7 Å². The number of hydrogen-bond donors (Lipinski definition) is 1. The molecule has 2 aromatic heterocycles. The number of phenols is 1. The third-order valence-electron chi connectivity index (χ3n) is 2.77. The van der Waals surface area contributed by atoms with Crippen molar-refractivity contribution in [3.63, 3.8) is 0 Å². The first-order chi connectivity index (χ1) is 9.31. The van der Waals surface area contributed by atoms with Crippen molar-refractivity contribution in [1.29, 1.82) is 0 Å². The van der Waals surface area contributed by atoms with Crippen LogP contribution in [0.3, 0.4) is 0 Å². The van der Waals surface area contributed by atoms with Crippen molar-refractivity contribution in [3.8, 4) is 17.0 Å². The summed E-state index contributed by atoms with van der Waals surface area (Å²) >= 11 is 1.63. The van der Waals surface area contributed by atoms with E-state index in [1.165, 1.54) is 0 Å². The highest BCUT2D eigenvalue weighted by Crippen LogP contribution is 2.24. The van der Waals surface area contributed by atoms with Gasteiger partial charge in [0.15, 0.2) is 0 Å². The lowest BCUT2D eigenvalue weighted by Crippen LogP contribution is -1.90. The van der Waals surface area contributed by atoms with Gasteiger partial charge in [-0.2, -0.15) is 0 Å². The molecule has 1 N–H and O–H groups in total. The van der Waals surface area contributed by atoms with Gasteiger partial charge in [0, 0.05) is 29.3 Å². The number of nitrogens with zero attached hydrogens (tertiary/aromatic N) is 2. The van der Waals surface area contributed by atoms with Crippen LogP contribution in [0, 0.1) is 0 Å². The fraction of sp³-hybridized carbons (Fsp3) is 0.0667. The minimum Gasteiger partial charge on any atom is -0.508 e. The van der Waals surface area contributed by atoms with E-state index in [-0.39, 0.29) is 5.75 Å². The third kappa shape index (κ3) is 2.80. The molecule has 0 aliphatic rings. The number of benzene rings is 1. The van der Waals surface area contributed by atoms with E-state index in [1.807, 2.05) is 35.7 Å². The fourth-order valence-electron chi connectivity index (χ4n) is 1.81. The van der Waals surface area contributed by atoms with Crippen LogP contribution < -0.4 is 0 Å². The number of phenolic OH excluding ortho intramolecular Hbond substituents is 1. The van der Waals surface area contributed by atoms with Gasteiger partial charge in [-0.1, -0.05) is 6.07 Å². The second-order valence-electron chi connectivity index (χ2n) is 4.17. The van der Waals surface area contributed by atoms with E-state index >= 15 is 0 Å². The molecular formula is C15H12N2OS. The molecule has 0 aliphatic carbocycles. The van der Waals surface area contributed by atoms with E-state index in [4.69, 9.17) is 0 Å². The normalized spacial score (nSPS) is 10.5. The summed E-state index contributed by atoms with van der Waals surface area (Å²) in [7, 11) is 0. The summed E-state index contributed by atoms with van der Waals surface area (Å²) in [5.41, 5.74) is 2.98. The monoisotopic (exact) mass is 268 g/mol. The van der Waals surface area contributed by atoms with Crippen molar-refractivity contribution in [2.45, 2.75) is 6.42 Å². The molecule has 1 aromatic carbocycles. The first kappa shape index (κ1) is 11.9. The highest BCUT2D eigenvalue weighted by Gasteiger charge is 2.06. The molecule has 0 aliphatic heterocycles. The number of aromatic hydroxyl groups is 1. The summed E-state index contributed by atoms with van der Waals surface area (Å²) < 4.78 is 0. The number of thiazole rings is 1. The van der Waals surface area contributed by atoms with Crippen LogP contribution in [0.1, 0.15) is 10.7 Å². The quantitative estimate of drug-likeness (QED) is 0.790. The van der Waals surface area contributed by atoms with Crippen LogP contribution in [-0.4, -0.2) is 15.1 Å². The zero-order chi connectivity index (χ0) is 13.1. The standard InChI is InChI=1S/C15H12N2OS/c18-13-6-4-11(5-7-13)14-10-19-15(17-14)9-12-3-1-2-8-16-12/h1-8,10,18H,9H2. The minimum atomic E-state index is 0.271. The van der Waals surface area contributed by atoms with Gasteiger partial charge in [-0.15, -0.1) is 11.3 Å². The molecule has 94 valence electrons. The van der Waals surface area contributed by atoms with E-state index < -0.39 is 0 Å². The Hall–Kier alpha value is -2.20. The van der Waals surface area contributed by atoms with Crippen LogP contribution in [0.5, 0.6) is 5.75 Å². The maximum atomic E-state index is 9.28. The van der Waals surface area contributed by atoms with Crippen LogP contribution in [-0.2, 0) is 6.42 Å². The predicted octanol–water partition coefficient (Wildman–Crippen LogP) is 3.50. The van der Waals surface area contributed by atoms with Crippen molar-refractivity contribution >= 4 is 11.3 Å². The summed E-state index contributed by atoms with van der Waals surface area (Å²) in [6.07, 6.45) is 2.55. The smallest absolute Gasteiger partial charge is 0.115 e. The fourth-order valence-corrected chi connectivity index (χ4v) is 2.63. The molecule has 3 aromatic rings. The Labute approximate surface area is 115 Å². The van der Waals surface area contributed by atoms with Crippen LogP contribution in [0.25, 0.3) is 11.3 Å². The Kier molecular flexibility index (Phi) is 3.25. The zero-order valence-electron chi connectivity index (χ0n) is 10.2. The highest BCUT2D eigenvalue weighted by atomic mass is 32.1. The van der Waals surface area contributed by atoms with Gasteiger partial charge in [-0.05, 0) is 36.4 Å². The maximum absolute atomic E-state index is 9.28. The van der Waals surface area contributed by atoms with Gasteiger partial charge in [0.2, 0.25) is 0 Å². The van der Waals surface area contributed by atoms with E-state index in [2.05, 4.69) is 9.97 Å². The summed E-state index contributed by atoms with van der Waals surface area (Å²) in [5, 5.41) is 12.4. The molecule has 0 saturated heterocycles. The lowest BCUT2D eigenvalue weighted by atomic mass is 10.2. The highest BCUT2D eigenvalue weighted by molar-refractivity contribution is 7.10. The predicted molar refractivity (Wildman–Crippen MR) is 76.3 cm³/mol. The van der Waals surface area contributed by atoms with E-state index in [9.17, 15) is 5.11 Å². The van der Waals surface area contributed by atoms with Crippen molar-refractivity contribution < 1.29 is 5.11 Å². The summed E-state index contributed by atoms with van der Waals surface area (Å²) in [6.45, 7) is 0. The van der Waals surface area contributed by atoms with Gasteiger partial charge in [0.1, 0.15) is 5.75 Å². The Bertz CT molecular complexity index is 662. The number of pyridine rings is 1. The maximum Gasteiger partial charge on any atom is 0.115 e. The van der Waals surface area contributed by atoms with Crippen LogP contribution in [0.2, 0.25) is 0 Å². The molecule has 4 heteroatoms. The molecule has 0 radical (unpaired) electrons. The number of aromatic nitrogens is 2. The molecule has 0 spiro atoms. The SMILES string of the molecule is Oc1ccc(-c2csc(Cc3ccccn3)n2)cc1. The van der Waals surface area contributed by atoms with Crippen molar-refractivity contribution in [2.24, 2.45) is 0 Å². The summed E-state index contributed by atoms with van der Waals surface area (Å²) in [5.74, 6) is 0.271. The molecular weight excluding hydrogens is 256 g/mol. The molecule has 0 bridgehead atoms. The van der Waals surface area contributed by atoms with Crippen molar-refractivity contribution in [2.75, 3.05) is 0 Å². The topological polar surface area (TPSA) is 46.0 Å². The van der Waals surface area contributed by atoms with Gasteiger partial charge in [0.05, 0.1) is 10.7 Å². The molecule has 3 rings (SSSR count). The van der Waals surface area contributed by atoms with Gasteiger partial charge in [-0.3, -0.25) is 4.98 Å². The van der Waals surface area contributed by atoms with Crippen LogP contribution in [0.15, 0.2) is 54.0 Å². The Morgan fingerprint density at radius 3 is 2.63 bits per heavy atom. The van der Waals surface area contributed by atoms with E-state index in [0.29, 0.717) is 0 Å². The van der Waals surface area contributed by atoms with Gasteiger partial charge < -0.3 is 5.11 Å². The Morgan fingerprint density at radius 1 is 1.05 bits per heavy atom. The van der Waals surface area contributed by atoms with Crippen molar-refractivity contribution in [3.05, 3.63) is 64.7 Å². The lowest BCUT2D eigenvalue weighted by molar-refractivity contribution is 0.475. The third-order valence-corrected chi connectivity index (χ3v) is 3.62. The lowest BCUT2D eigenvalue weighted by Gasteiger charge is -1.97. The van der Waals surface area contributed by atoms with Crippen LogP contribution >= 0.6 is 11.3 Å². The van der Waals surface area contributed by atoms with Gasteiger partial charge in [0.25, 0.3) is 0 Å². The molecule has 0 fully saturated rings. The molecule has 0 saturated carbocycles. The molecule has 0 unspecified atom stereocenters. The largest absolute Gasteiger partial charge is 0.508 e. The average molecular weight is 268 g/mol. The molecule has 0 amide bonds. The summed E-state index contributed by atoms with van der Waals surface area (Å²) in [6, 6.07) is 13.0. The molecule has 2 heterocycles. The Morgan fingerprint density at radius 2 is 1.89 bits per heavy atom.